The smallest absolute Gasteiger partial charge is 0.217 e. The molecule has 0 saturated heterocycles. The number of thiophene rings is 1. The molecule has 146 valence electrons. The molecule has 0 aliphatic heterocycles. The SMILES string of the molecule is COc1ccccc1OCc1ccc(-c2nc3c4c(C)c(C)sc4ncn3n2)o1. The van der Waals surface area contributed by atoms with E-state index in [2.05, 4.69) is 23.9 Å². The van der Waals surface area contributed by atoms with Crippen molar-refractivity contribution in [1.29, 1.82) is 0 Å². The van der Waals surface area contributed by atoms with Crippen molar-refractivity contribution in [2.75, 3.05) is 7.11 Å². The van der Waals surface area contributed by atoms with Crippen LogP contribution in [-0.4, -0.2) is 26.7 Å². The molecule has 0 saturated carbocycles. The van der Waals surface area contributed by atoms with Crippen LogP contribution in [0.1, 0.15) is 16.2 Å². The van der Waals surface area contributed by atoms with Crippen LogP contribution in [0.5, 0.6) is 11.5 Å². The summed E-state index contributed by atoms with van der Waals surface area (Å²) in [6, 6.07) is 11.2. The van der Waals surface area contributed by atoms with Crippen LogP contribution in [0.15, 0.2) is 47.1 Å². The van der Waals surface area contributed by atoms with Crippen LogP contribution in [0.4, 0.5) is 0 Å². The summed E-state index contributed by atoms with van der Waals surface area (Å²) in [5.74, 6) is 3.13. The first-order valence-corrected chi connectivity index (χ1v) is 9.91. The standard InChI is InChI=1S/C21H18N4O3S/c1-12-13(2)29-21-18(12)20-23-19(24-25(20)11-22-21)17-9-8-14(28-17)10-27-16-7-5-4-6-15(16)26-3/h4-9,11H,10H2,1-3H3. The normalized spacial score (nSPS) is 11.4. The molecule has 0 unspecified atom stereocenters. The van der Waals surface area contributed by atoms with Gasteiger partial charge in [0.05, 0.1) is 12.5 Å². The number of hydrogen-bond donors (Lipinski definition) is 0. The highest BCUT2D eigenvalue weighted by Crippen LogP contribution is 2.32. The van der Waals surface area contributed by atoms with Gasteiger partial charge in [-0.25, -0.2) is 14.5 Å². The molecule has 0 radical (unpaired) electrons. The zero-order chi connectivity index (χ0) is 20.0. The lowest BCUT2D eigenvalue weighted by atomic mass is 10.2. The van der Waals surface area contributed by atoms with E-state index in [1.165, 1.54) is 10.4 Å². The monoisotopic (exact) mass is 406 g/mol. The van der Waals surface area contributed by atoms with Crippen molar-refractivity contribution in [2.24, 2.45) is 0 Å². The predicted octanol–water partition coefficient (Wildman–Crippen LogP) is 4.80. The van der Waals surface area contributed by atoms with E-state index in [0.29, 0.717) is 28.8 Å². The second-order valence-electron chi connectivity index (χ2n) is 6.62. The van der Waals surface area contributed by atoms with Crippen molar-refractivity contribution in [3.63, 3.8) is 0 Å². The Morgan fingerprint density at radius 2 is 1.93 bits per heavy atom. The number of aryl methyl sites for hydroxylation is 2. The maximum absolute atomic E-state index is 5.92. The van der Waals surface area contributed by atoms with Gasteiger partial charge in [0.2, 0.25) is 5.82 Å². The fourth-order valence-corrected chi connectivity index (χ4v) is 4.20. The third kappa shape index (κ3) is 3.01. The molecular formula is C21H18N4O3S. The summed E-state index contributed by atoms with van der Waals surface area (Å²) in [5, 5.41) is 5.58. The van der Waals surface area contributed by atoms with E-state index in [0.717, 1.165) is 15.9 Å². The number of nitrogens with zero attached hydrogens (tertiary/aromatic N) is 4. The number of methoxy groups -OCH3 is 1. The first kappa shape index (κ1) is 17.7. The van der Waals surface area contributed by atoms with Gasteiger partial charge in [-0.1, -0.05) is 12.1 Å². The van der Waals surface area contributed by atoms with Gasteiger partial charge in [-0.3, -0.25) is 0 Å². The average molecular weight is 406 g/mol. The van der Waals surface area contributed by atoms with E-state index in [1.807, 2.05) is 36.4 Å². The molecule has 0 aliphatic rings. The van der Waals surface area contributed by atoms with Crippen LogP contribution in [0.3, 0.4) is 0 Å². The van der Waals surface area contributed by atoms with E-state index >= 15 is 0 Å². The van der Waals surface area contributed by atoms with E-state index in [9.17, 15) is 0 Å². The van der Waals surface area contributed by atoms with Crippen molar-refractivity contribution >= 4 is 27.2 Å². The molecule has 7 nitrogen and oxygen atoms in total. The van der Waals surface area contributed by atoms with Crippen LogP contribution in [0.25, 0.3) is 27.4 Å². The zero-order valence-electron chi connectivity index (χ0n) is 16.2. The average Bonchev–Trinajstić information content (AvgIpc) is 3.44. The van der Waals surface area contributed by atoms with Crippen LogP contribution >= 0.6 is 11.3 Å². The topological polar surface area (TPSA) is 74.7 Å². The molecular weight excluding hydrogens is 388 g/mol. The van der Waals surface area contributed by atoms with E-state index in [4.69, 9.17) is 18.9 Å². The summed E-state index contributed by atoms with van der Waals surface area (Å²) in [6.07, 6.45) is 1.69. The van der Waals surface area contributed by atoms with Crippen molar-refractivity contribution in [3.05, 3.63) is 58.9 Å². The summed E-state index contributed by atoms with van der Waals surface area (Å²) in [5.41, 5.74) is 1.97. The molecule has 5 aromatic rings. The number of rotatable bonds is 5. The Balaban J connectivity index is 1.44. The number of aromatic nitrogens is 4. The van der Waals surface area contributed by atoms with Gasteiger partial charge in [-0.2, -0.15) is 0 Å². The molecule has 0 N–H and O–H groups in total. The number of fused-ring (bicyclic) bond motifs is 3. The van der Waals surface area contributed by atoms with E-state index in [-0.39, 0.29) is 6.61 Å². The highest BCUT2D eigenvalue weighted by Gasteiger charge is 2.17. The molecule has 0 fully saturated rings. The Labute approximate surface area is 170 Å². The Bertz CT molecular complexity index is 1330. The first-order chi connectivity index (χ1) is 14.1. The Kier molecular flexibility index (Phi) is 4.21. The maximum atomic E-state index is 5.92. The molecule has 8 heteroatoms. The minimum Gasteiger partial charge on any atom is -0.493 e. The van der Waals surface area contributed by atoms with E-state index < -0.39 is 0 Å². The van der Waals surface area contributed by atoms with Gasteiger partial charge >= 0.3 is 0 Å². The van der Waals surface area contributed by atoms with Gasteiger partial charge in [-0.15, -0.1) is 16.4 Å². The van der Waals surface area contributed by atoms with Crippen LogP contribution in [-0.2, 0) is 6.61 Å². The van der Waals surface area contributed by atoms with Gasteiger partial charge in [0.15, 0.2) is 22.9 Å². The van der Waals surface area contributed by atoms with Gasteiger partial charge in [0.1, 0.15) is 23.5 Å². The van der Waals surface area contributed by atoms with Crippen molar-refractivity contribution in [2.45, 2.75) is 20.5 Å². The number of ether oxygens (including phenoxy) is 2. The second kappa shape index (κ2) is 6.89. The maximum Gasteiger partial charge on any atom is 0.217 e. The predicted molar refractivity (Wildman–Crippen MR) is 111 cm³/mol. The zero-order valence-corrected chi connectivity index (χ0v) is 17.0. The van der Waals surface area contributed by atoms with Crippen LogP contribution < -0.4 is 9.47 Å². The molecule has 0 aliphatic carbocycles. The highest BCUT2D eigenvalue weighted by atomic mass is 32.1. The lowest BCUT2D eigenvalue weighted by Crippen LogP contribution is -1.96. The molecule has 0 spiro atoms. The molecule has 29 heavy (non-hydrogen) atoms. The third-order valence-electron chi connectivity index (χ3n) is 4.83. The van der Waals surface area contributed by atoms with Gasteiger partial charge in [0.25, 0.3) is 0 Å². The molecule has 4 aromatic heterocycles. The summed E-state index contributed by atoms with van der Waals surface area (Å²) in [6.45, 7) is 4.46. The number of furan rings is 1. The van der Waals surface area contributed by atoms with Crippen molar-refractivity contribution < 1.29 is 13.9 Å². The second-order valence-corrected chi connectivity index (χ2v) is 7.82. The van der Waals surface area contributed by atoms with E-state index in [1.54, 1.807) is 29.3 Å². The fraction of sp³-hybridized carbons (Fsp3) is 0.190. The van der Waals surface area contributed by atoms with Crippen LogP contribution in [0, 0.1) is 13.8 Å². The summed E-state index contributed by atoms with van der Waals surface area (Å²) in [4.78, 5) is 11.4. The lowest BCUT2D eigenvalue weighted by Gasteiger charge is -2.08. The lowest BCUT2D eigenvalue weighted by molar-refractivity contribution is 0.257. The Morgan fingerprint density at radius 1 is 1.10 bits per heavy atom. The minimum atomic E-state index is 0.280. The molecule has 4 heterocycles. The minimum absolute atomic E-state index is 0.280. The molecule has 1 aromatic carbocycles. The molecule has 5 rings (SSSR count). The largest absolute Gasteiger partial charge is 0.493 e. The molecule has 0 atom stereocenters. The van der Waals surface area contributed by atoms with Crippen LogP contribution in [0.2, 0.25) is 0 Å². The highest BCUT2D eigenvalue weighted by molar-refractivity contribution is 7.18. The fourth-order valence-electron chi connectivity index (χ4n) is 3.21. The number of para-hydroxylation sites is 2. The van der Waals surface area contributed by atoms with Gasteiger partial charge in [0, 0.05) is 4.88 Å². The summed E-state index contributed by atoms with van der Waals surface area (Å²) in [7, 11) is 1.62. The first-order valence-electron chi connectivity index (χ1n) is 9.10. The summed E-state index contributed by atoms with van der Waals surface area (Å²) >= 11 is 1.67. The molecule has 0 amide bonds. The van der Waals surface area contributed by atoms with Crippen molar-refractivity contribution in [3.8, 4) is 23.1 Å². The summed E-state index contributed by atoms with van der Waals surface area (Å²) < 4.78 is 18.7. The quantitative estimate of drug-likeness (QED) is 0.417. The van der Waals surface area contributed by atoms with Gasteiger partial charge in [-0.05, 0) is 43.7 Å². The van der Waals surface area contributed by atoms with Crippen molar-refractivity contribution in [1.82, 2.24) is 19.6 Å². The Morgan fingerprint density at radius 3 is 2.76 bits per heavy atom. The third-order valence-corrected chi connectivity index (χ3v) is 5.94. The molecule has 0 bridgehead atoms. The number of benzene rings is 1. The van der Waals surface area contributed by atoms with Gasteiger partial charge < -0.3 is 13.9 Å². The Hall–Kier alpha value is -3.39. The number of hydrogen-bond acceptors (Lipinski definition) is 7.